The number of quaternary nitrogens is 1. The fourth-order valence-corrected chi connectivity index (χ4v) is 7.08. The Bertz CT molecular complexity index is 1180. The van der Waals surface area contributed by atoms with Gasteiger partial charge in [0.15, 0.2) is 23.0 Å². The molecule has 1 unspecified atom stereocenters. The van der Waals surface area contributed by atoms with Gasteiger partial charge in [-0.05, 0) is 31.0 Å². The van der Waals surface area contributed by atoms with Gasteiger partial charge in [0.05, 0.1) is 38.3 Å². The van der Waals surface area contributed by atoms with E-state index >= 15 is 0 Å². The second-order valence-corrected chi connectivity index (χ2v) is 9.79. The molecule has 2 fully saturated rings. The number of phenols is 2. The molecule has 0 radical (unpaired) electrons. The predicted octanol–water partition coefficient (Wildman–Crippen LogP) is 1.03. The molecule has 9 nitrogen and oxygen atoms in total. The zero-order valence-electron chi connectivity index (χ0n) is 19.1. The predicted molar refractivity (Wildman–Crippen MR) is 121 cm³/mol. The topological polar surface area (TPSA) is 125 Å². The van der Waals surface area contributed by atoms with E-state index in [1.54, 1.807) is 25.3 Å². The molecule has 2 heterocycles. The van der Waals surface area contributed by atoms with Crippen LogP contribution >= 0.6 is 0 Å². The number of hydrogen-bond acceptors (Lipinski definition) is 7. The fraction of sp³-hybridized carbons (Fsp3) is 0.480. The number of hydrogen-bond donors (Lipinski definition) is 4. The summed E-state index contributed by atoms with van der Waals surface area (Å²) in [5, 5.41) is 37.2. The number of methoxy groups -OCH3 is 2. The van der Waals surface area contributed by atoms with Gasteiger partial charge in [-0.2, -0.15) is 0 Å². The lowest BCUT2D eigenvalue weighted by Crippen LogP contribution is -3.15. The van der Waals surface area contributed by atoms with Crippen LogP contribution in [-0.2, 0) is 11.8 Å². The van der Waals surface area contributed by atoms with Gasteiger partial charge in [0.1, 0.15) is 11.9 Å². The maximum absolute atomic E-state index is 13.2. The first-order chi connectivity index (χ1) is 16.4. The Morgan fingerprint density at radius 1 is 1.21 bits per heavy atom. The Balaban J connectivity index is 1.37. The summed E-state index contributed by atoms with van der Waals surface area (Å²) in [7, 11) is 3.07. The molecule has 2 bridgehead atoms. The zero-order valence-corrected chi connectivity index (χ0v) is 19.1. The van der Waals surface area contributed by atoms with E-state index in [1.165, 1.54) is 13.2 Å². The highest BCUT2D eigenvalue weighted by atomic mass is 16.5. The van der Waals surface area contributed by atoms with Crippen LogP contribution in [0.1, 0.15) is 40.7 Å². The minimum atomic E-state index is -0.458. The number of rotatable bonds is 4. The summed E-state index contributed by atoms with van der Waals surface area (Å²) >= 11 is 0. The summed E-state index contributed by atoms with van der Waals surface area (Å²) in [6.07, 6.45) is 2.13. The molecular formula is C25H28N2O7. The number of nitrogens with one attached hydrogen (secondary N) is 2. The maximum Gasteiger partial charge on any atom is 0.251 e. The lowest BCUT2D eigenvalue weighted by atomic mass is 9.51. The minimum Gasteiger partial charge on any atom is -0.634 e. The first kappa shape index (κ1) is 21.4. The van der Waals surface area contributed by atoms with E-state index in [0.29, 0.717) is 54.2 Å². The molecule has 4 N–H and O–H groups in total. The first-order valence-electron chi connectivity index (χ1n) is 11.7. The number of phenolic OH excluding ortho intramolecular Hbond substituents is 2. The normalized spacial score (nSPS) is 32.4. The van der Waals surface area contributed by atoms with Gasteiger partial charge in [-0.1, -0.05) is 0 Å². The van der Waals surface area contributed by atoms with Gasteiger partial charge in [-0.15, -0.1) is 0 Å². The van der Waals surface area contributed by atoms with Gasteiger partial charge < -0.3 is 40.0 Å². The average molecular weight is 469 g/mol. The van der Waals surface area contributed by atoms with Crippen LogP contribution in [0.3, 0.4) is 0 Å². The molecule has 1 saturated heterocycles. The van der Waals surface area contributed by atoms with E-state index in [-0.39, 0.29) is 46.6 Å². The highest BCUT2D eigenvalue weighted by molar-refractivity contribution is 5.95. The molecule has 0 aromatic heterocycles. The average Bonchev–Trinajstić information content (AvgIpc) is 3.17. The summed E-state index contributed by atoms with van der Waals surface area (Å²) in [5.41, 5.74) is 1.54. The zero-order chi connectivity index (χ0) is 23.8. The second-order valence-electron chi connectivity index (χ2n) is 9.79. The molecule has 4 aliphatic rings. The van der Waals surface area contributed by atoms with Crippen LogP contribution < -0.4 is 24.6 Å². The number of benzene rings is 2. The van der Waals surface area contributed by atoms with Crippen molar-refractivity contribution in [2.75, 3.05) is 20.8 Å². The molecular weight excluding hydrogens is 440 g/mol. The summed E-state index contributed by atoms with van der Waals surface area (Å²) in [6, 6.07) is 6.02. The van der Waals surface area contributed by atoms with Crippen molar-refractivity contribution in [2.24, 2.45) is 5.92 Å². The summed E-state index contributed by atoms with van der Waals surface area (Å²) in [5.74, 6) is 1.03. The van der Waals surface area contributed by atoms with Crippen molar-refractivity contribution < 1.29 is 34.3 Å². The third kappa shape index (κ3) is 2.71. The number of piperidine rings is 1. The highest BCUT2D eigenvalue weighted by Gasteiger charge is 2.67. The van der Waals surface area contributed by atoms with Crippen molar-refractivity contribution in [3.8, 4) is 28.7 Å². The quantitative estimate of drug-likeness (QED) is 0.390. The standard InChI is InChI=1S/C25H28N2O7/c1-32-18-6-3-12(9-19(18)33-2)24(30)26-15-5-4-14-16-10-13-21-20(11-17(28)22(13)29)34-23(15)25(14,21)7-8-27(16)31/h3,6,9,11,14-16,23,27-29H,4-5,7-8,10H2,1-2H3,(H,26,30)/t14-,15+,16+,23-,25-/m0/s1. The smallest absolute Gasteiger partial charge is 0.251 e. The van der Waals surface area contributed by atoms with Crippen LogP contribution in [0.4, 0.5) is 0 Å². The molecule has 34 heavy (non-hydrogen) atoms. The third-order valence-corrected chi connectivity index (χ3v) is 8.46. The van der Waals surface area contributed by atoms with Gasteiger partial charge in [-0.3, -0.25) is 4.79 Å². The number of ether oxygens (including phenoxy) is 3. The largest absolute Gasteiger partial charge is 0.634 e. The van der Waals surface area contributed by atoms with Crippen LogP contribution in [-0.4, -0.2) is 55.1 Å². The Kier molecular flexibility index (Phi) is 4.66. The summed E-state index contributed by atoms with van der Waals surface area (Å²) in [6.45, 7) is 0.456. The van der Waals surface area contributed by atoms with E-state index in [1.807, 2.05) is 0 Å². The molecule has 1 spiro atoms. The Morgan fingerprint density at radius 3 is 2.76 bits per heavy atom. The van der Waals surface area contributed by atoms with Crippen molar-refractivity contribution in [3.05, 3.63) is 46.2 Å². The van der Waals surface area contributed by atoms with Crippen LogP contribution in [0.2, 0.25) is 0 Å². The van der Waals surface area contributed by atoms with Crippen molar-refractivity contribution in [1.29, 1.82) is 0 Å². The molecule has 6 atom stereocenters. The molecule has 9 heteroatoms. The minimum absolute atomic E-state index is 0.102. The number of amides is 1. The summed E-state index contributed by atoms with van der Waals surface area (Å²) in [4.78, 5) is 13.2. The second kappa shape index (κ2) is 7.41. The van der Waals surface area contributed by atoms with Crippen molar-refractivity contribution in [2.45, 2.75) is 49.3 Å². The molecule has 1 saturated carbocycles. The molecule has 2 aliphatic carbocycles. The number of aromatic hydroxyl groups is 2. The third-order valence-electron chi connectivity index (χ3n) is 8.46. The van der Waals surface area contributed by atoms with E-state index in [4.69, 9.17) is 14.2 Å². The monoisotopic (exact) mass is 468 g/mol. The number of carbonyl (C=O) groups is 1. The van der Waals surface area contributed by atoms with Crippen LogP contribution in [0.25, 0.3) is 0 Å². The SMILES string of the molecule is COc1ccc(C(=O)N[C@@H]2CC[C@H]3[C@H]4Cc5c(O)c(O)cc6c5[C@@]3(CC[NH+]4[O-])[C@H]2O6)cc1OC. The molecule has 2 aliphatic heterocycles. The molecule has 6 rings (SSSR count). The van der Waals surface area contributed by atoms with Gasteiger partial charge in [0.2, 0.25) is 0 Å². The van der Waals surface area contributed by atoms with Crippen molar-refractivity contribution in [3.63, 3.8) is 0 Å². The van der Waals surface area contributed by atoms with Gasteiger partial charge in [0, 0.05) is 41.5 Å². The molecule has 2 aromatic rings. The van der Waals surface area contributed by atoms with Crippen LogP contribution in [0.5, 0.6) is 28.7 Å². The Morgan fingerprint density at radius 2 is 2.00 bits per heavy atom. The lowest BCUT2D eigenvalue weighted by molar-refractivity contribution is -0.889. The van der Waals surface area contributed by atoms with E-state index in [0.717, 1.165) is 12.0 Å². The van der Waals surface area contributed by atoms with Gasteiger partial charge >= 0.3 is 0 Å². The lowest BCUT2D eigenvalue weighted by Gasteiger charge is -2.58. The molecule has 180 valence electrons. The van der Waals surface area contributed by atoms with Crippen molar-refractivity contribution in [1.82, 2.24) is 5.32 Å². The first-order valence-corrected chi connectivity index (χ1v) is 11.7. The van der Waals surface area contributed by atoms with E-state index < -0.39 is 5.41 Å². The van der Waals surface area contributed by atoms with Gasteiger partial charge in [0.25, 0.3) is 5.91 Å². The fourth-order valence-electron chi connectivity index (χ4n) is 7.08. The highest BCUT2D eigenvalue weighted by Crippen LogP contribution is 2.62. The molecule has 2 aromatic carbocycles. The number of carbonyl (C=O) groups excluding carboxylic acids is 1. The van der Waals surface area contributed by atoms with E-state index in [2.05, 4.69) is 5.32 Å². The summed E-state index contributed by atoms with van der Waals surface area (Å²) < 4.78 is 17.0. The maximum atomic E-state index is 13.2. The van der Waals surface area contributed by atoms with E-state index in [9.17, 15) is 20.2 Å². The Labute approximate surface area is 196 Å². The van der Waals surface area contributed by atoms with Crippen LogP contribution in [0.15, 0.2) is 24.3 Å². The van der Waals surface area contributed by atoms with Crippen LogP contribution in [0, 0.1) is 11.1 Å². The Hall–Kier alpha value is -3.17. The van der Waals surface area contributed by atoms with Gasteiger partial charge in [-0.25, -0.2) is 0 Å². The molecule has 1 amide bonds. The number of hydroxylamine groups is 2. The van der Waals surface area contributed by atoms with Crippen molar-refractivity contribution >= 4 is 5.91 Å².